The average Bonchev–Trinajstić information content (AvgIpc) is 2.72. The molecule has 0 aliphatic carbocycles. The van der Waals surface area contributed by atoms with Crippen LogP contribution < -0.4 is 20.7 Å². The van der Waals surface area contributed by atoms with E-state index in [4.69, 9.17) is 0 Å². The fourth-order valence-corrected chi connectivity index (χ4v) is 4.24. The summed E-state index contributed by atoms with van der Waals surface area (Å²) in [5.41, 5.74) is -2.70. The fourth-order valence-electron chi connectivity index (χ4n) is 3.08. The molecule has 0 bridgehead atoms. The monoisotopic (exact) mass is 534 g/mol. The third-order valence-corrected chi connectivity index (χ3v) is 6.10. The van der Waals surface area contributed by atoms with Gasteiger partial charge in [0.25, 0.3) is 0 Å². The van der Waals surface area contributed by atoms with E-state index in [1.807, 2.05) is 0 Å². The zero-order chi connectivity index (χ0) is 26.9. The minimum Gasteiger partial charge on any atom is -0.478 e. The van der Waals surface area contributed by atoms with Crippen molar-refractivity contribution in [2.45, 2.75) is 12.5 Å². The predicted octanol–water partition coefficient (Wildman–Crippen LogP) is 5.83. The lowest BCUT2D eigenvalue weighted by atomic mass is 10.1. The molecule has 15 heteroatoms. The zero-order valence-corrected chi connectivity index (χ0v) is 19.3. The maximum Gasteiger partial charge on any atom is 0.573 e. The first-order chi connectivity index (χ1) is 16.6. The fraction of sp³-hybridized carbons (Fsp3) is 0.190. The van der Waals surface area contributed by atoms with Crippen molar-refractivity contribution in [1.29, 1.82) is 0 Å². The van der Waals surface area contributed by atoms with Crippen molar-refractivity contribution in [3.8, 4) is 5.75 Å². The van der Waals surface area contributed by atoms with Gasteiger partial charge in [0.15, 0.2) is 5.75 Å². The molecule has 0 atom stereocenters. The Morgan fingerprint density at radius 2 is 1.67 bits per heavy atom. The van der Waals surface area contributed by atoms with Crippen LogP contribution in [0.4, 0.5) is 49.5 Å². The number of carboxylic acids is 1. The van der Waals surface area contributed by atoms with Crippen LogP contribution in [0.15, 0.2) is 48.7 Å². The van der Waals surface area contributed by atoms with E-state index in [0.717, 1.165) is 18.2 Å². The summed E-state index contributed by atoms with van der Waals surface area (Å²) in [4.78, 5) is 18.8. The van der Waals surface area contributed by atoms with Gasteiger partial charge in [0, 0.05) is 11.5 Å². The zero-order valence-electron chi connectivity index (χ0n) is 18.4. The van der Waals surface area contributed by atoms with Gasteiger partial charge in [-0.25, -0.2) is 9.78 Å². The number of halogens is 6. The highest BCUT2D eigenvalue weighted by Crippen LogP contribution is 2.41. The molecule has 0 aliphatic rings. The van der Waals surface area contributed by atoms with Gasteiger partial charge in [-0.1, -0.05) is 18.2 Å². The van der Waals surface area contributed by atoms with Crippen LogP contribution in [0.5, 0.6) is 5.75 Å². The van der Waals surface area contributed by atoms with Gasteiger partial charge in [-0.05, 0) is 37.6 Å². The van der Waals surface area contributed by atoms with Crippen LogP contribution in [0.3, 0.4) is 0 Å². The average molecular weight is 534 g/mol. The molecule has 3 rings (SSSR count). The summed E-state index contributed by atoms with van der Waals surface area (Å²) in [6.45, 7) is 2.83. The van der Waals surface area contributed by atoms with E-state index >= 15 is 0 Å². The number of aromatic carboxylic acids is 1. The molecule has 0 saturated carbocycles. The molecule has 0 aliphatic heterocycles. The van der Waals surface area contributed by atoms with Gasteiger partial charge < -0.3 is 25.0 Å². The first-order valence-electron chi connectivity index (χ1n) is 9.81. The maximum absolute atomic E-state index is 13.6. The number of nitrogens with zero attached hydrogens (tertiary/aromatic N) is 2. The van der Waals surface area contributed by atoms with Crippen LogP contribution >= 0.6 is 7.14 Å². The number of anilines is 4. The smallest absolute Gasteiger partial charge is 0.478 e. The summed E-state index contributed by atoms with van der Waals surface area (Å²) >= 11 is 0. The Labute approximate surface area is 199 Å². The summed E-state index contributed by atoms with van der Waals surface area (Å²) in [5.74, 6) is -4.10. The van der Waals surface area contributed by atoms with Crippen LogP contribution in [0.25, 0.3) is 0 Å². The maximum atomic E-state index is 13.6. The van der Waals surface area contributed by atoms with Gasteiger partial charge >= 0.3 is 18.5 Å². The minimum absolute atomic E-state index is 0.0491. The highest BCUT2D eigenvalue weighted by molar-refractivity contribution is 7.70. The van der Waals surface area contributed by atoms with E-state index in [0.29, 0.717) is 6.20 Å². The van der Waals surface area contributed by atoms with Crippen LogP contribution in [-0.2, 0) is 10.7 Å². The van der Waals surface area contributed by atoms with E-state index < -0.39 is 60.0 Å². The highest BCUT2D eigenvalue weighted by atomic mass is 31.2. The third-order valence-electron chi connectivity index (χ3n) is 4.55. The van der Waals surface area contributed by atoms with E-state index in [9.17, 15) is 40.8 Å². The Kier molecular flexibility index (Phi) is 7.21. The lowest BCUT2D eigenvalue weighted by Gasteiger charge is -2.19. The number of para-hydroxylation sites is 2. The Bertz CT molecular complexity index is 1340. The number of hydrogen-bond acceptors (Lipinski definition) is 7. The lowest BCUT2D eigenvalue weighted by Crippen LogP contribution is -2.19. The standard InChI is InChI=1S/C21H17F6N4O4P/c1-36(2,34)15-9-4-3-7-13(15)29-17-12(20(22,23)24)10-28-19(31-17)30-16-11(18(32)33)6-5-8-14(16)35-21(25,26)27/h3-10H,1-2H3,(H,32,33)(H2,28,29,30,31). The first kappa shape index (κ1) is 26.8. The number of ether oxygens (including phenoxy) is 1. The quantitative estimate of drug-likeness (QED) is 0.257. The molecular formula is C21H17F6N4O4P. The van der Waals surface area contributed by atoms with Crippen LogP contribution in [0.2, 0.25) is 0 Å². The Balaban J connectivity index is 2.12. The van der Waals surface area contributed by atoms with Gasteiger partial charge in [0.1, 0.15) is 18.5 Å². The number of nitrogens with one attached hydrogen (secondary N) is 2. The van der Waals surface area contributed by atoms with Crippen molar-refractivity contribution < 1.29 is 45.5 Å². The van der Waals surface area contributed by atoms with E-state index in [2.05, 4.69) is 25.3 Å². The van der Waals surface area contributed by atoms with Gasteiger partial charge in [-0.2, -0.15) is 18.2 Å². The second-order valence-electron chi connectivity index (χ2n) is 7.60. The van der Waals surface area contributed by atoms with E-state index in [1.165, 1.54) is 31.5 Å². The minimum atomic E-state index is -5.20. The molecular weight excluding hydrogens is 517 g/mol. The number of aromatic nitrogens is 2. The summed E-state index contributed by atoms with van der Waals surface area (Å²) in [6, 6.07) is 8.61. The van der Waals surface area contributed by atoms with Gasteiger partial charge in [0.05, 0.1) is 16.9 Å². The third kappa shape index (κ3) is 6.45. The molecule has 36 heavy (non-hydrogen) atoms. The molecule has 1 aromatic heterocycles. The summed E-state index contributed by atoms with van der Waals surface area (Å²) in [6.07, 6.45) is -9.77. The SMILES string of the molecule is CP(C)(=O)c1ccccc1Nc1nc(Nc2c(OC(F)(F)F)cccc2C(=O)O)ncc1C(F)(F)F. The number of carbonyl (C=O) groups is 1. The van der Waals surface area contributed by atoms with Crippen molar-refractivity contribution in [3.63, 3.8) is 0 Å². The second-order valence-corrected chi connectivity index (χ2v) is 10.8. The Morgan fingerprint density at radius 3 is 2.25 bits per heavy atom. The summed E-state index contributed by atoms with van der Waals surface area (Å²) in [7, 11) is -2.95. The normalized spacial score (nSPS) is 12.2. The molecule has 0 fully saturated rings. The Hall–Kier alpha value is -3.80. The molecule has 8 nitrogen and oxygen atoms in total. The van der Waals surface area contributed by atoms with Crippen LogP contribution in [0.1, 0.15) is 15.9 Å². The van der Waals surface area contributed by atoms with E-state index in [-0.39, 0.29) is 11.0 Å². The molecule has 0 radical (unpaired) electrons. The lowest BCUT2D eigenvalue weighted by molar-refractivity contribution is -0.274. The molecule has 1 heterocycles. The molecule has 0 saturated heterocycles. The molecule has 0 spiro atoms. The molecule has 3 N–H and O–H groups in total. The molecule has 192 valence electrons. The first-order valence-corrected chi connectivity index (χ1v) is 12.4. The van der Waals surface area contributed by atoms with E-state index in [1.54, 1.807) is 6.07 Å². The van der Waals surface area contributed by atoms with Crippen molar-refractivity contribution in [2.75, 3.05) is 24.0 Å². The highest BCUT2D eigenvalue weighted by Gasteiger charge is 2.36. The Morgan fingerprint density at radius 1 is 1.00 bits per heavy atom. The van der Waals surface area contributed by atoms with Gasteiger partial charge in [-0.15, -0.1) is 13.2 Å². The molecule has 0 amide bonds. The number of alkyl halides is 6. The van der Waals surface area contributed by atoms with Crippen molar-refractivity contribution >= 4 is 41.6 Å². The second kappa shape index (κ2) is 9.69. The number of carboxylic acid groups (broad SMARTS) is 1. The largest absolute Gasteiger partial charge is 0.573 e. The van der Waals surface area contributed by atoms with Gasteiger partial charge in [0.2, 0.25) is 5.95 Å². The van der Waals surface area contributed by atoms with Crippen LogP contribution in [0, 0.1) is 0 Å². The van der Waals surface area contributed by atoms with Crippen molar-refractivity contribution in [2.24, 2.45) is 0 Å². The van der Waals surface area contributed by atoms with Crippen molar-refractivity contribution in [3.05, 3.63) is 59.8 Å². The van der Waals surface area contributed by atoms with Crippen LogP contribution in [-0.4, -0.2) is 40.7 Å². The molecule has 2 aromatic carbocycles. The molecule has 0 unspecified atom stereocenters. The number of hydrogen-bond donors (Lipinski definition) is 3. The summed E-state index contributed by atoms with van der Waals surface area (Å²) in [5, 5.41) is 14.3. The number of benzene rings is 2. The molecule has 3 aromatic rings. The van der Waals surface area contributed by atoms with Crippen molar-refractivity contribution in [1.82, 2.24) is 9.97 Å². The van der Waals surface area contributed by atoms with Gasteiger partial charge in [-0.3, -0.25) is 0 Å². The summed E-state index contributed by atoms with van der Waals surface area (Å²) < 4.78 is 95.9. The number of rotatable bonds is 7. The predicted molar refractivity (Wildman–Crippen MR) is 119 cm³/mol. The topological polar surface area (TPSA) is 113 Å².